The van der Waals surface area contributed by atoms with Gasteiger partial charge in [0.1, 0.15) is 0 Å². The molecule has 1 aliphatic rings. The number of halogens is 3. The molecule has 4 nitrogen and oxygen atoms in total. The first-order valence-electron chi connectivity index (χ1n) is 5.38. The van der Waals surface area contributed by atoms with Crippen LogP contribution in [-0.2, 0) is 0 Å². The predicted octanol–water partition coefficient (Wildman–Crippen LogP) is 2.62. The minimum atomic E-state index is -4.20. The van der Waals surface area contributed by atoms with Gasteiger partial charge in [0.2, 0.25) is 0 Å². The highest BCUT2D eigenvalue weighted by Crippen LogP contribution is 2.35. The zero-order chi connectivity index (χ0) is 13.3. The van der Waals surface area contributed by atoms with Crippen molar-refractivity contribution in [2.45, 2.75) is 19.0 Å². The Balaban J connectivity index is 2.10. The van der Waals surface area contributed by atoms with Crippen molar-refractivity contribution < 1.29 is 23.1 Å². The van der Waals surface area contributed by atoms with Gasteiger partial charge in [-0.25, -0.2) is 9.78 Å². The van der Waals surface area contributed by atoms with Gasteiger partial charge in [-0.15, -0.1) is 11.3 Å². The van der Waals surface area contributed by atoms with Gasteiger partial charge in [-0.3, -0.25) is 0 Å². The van der Waals surface area contributed by atoms with Crippen LogP contribution >= 0.6 is 11.3 Å². The maximum absolute atomic E-state index is 12.6. The van der Waals surface area contributed by atoms with Crippen LogP contribution in [0.15, 0.2) is 5.38 Å². The maximum atomic E-state index is 12.6. The second-order valence-corrected chi connectivity index (χ2v) is 4.98. The molecule has 0 radical (unpaired) electrons. The minimum absolute atomic E-state index is 0.121. The van der Waals surface area contributed by atoms with E-state index in [2.05, 4.69) is 4.98 Å². The predicted molar refractivity (Wildman–Crippen MR) is 60.1 cm³/mol. The molecule has 1 atom stereocenters. The minimum Gasteiger partial charge on any atom is -0.476 e. The first-order chi connectivity index (χ1) is 8.38. The lowest BCUT2D eigenvalue weighted by molar-refractivity contribution is -0.175. The van der Waals surface area contributed by atoms with E-state index in [0.29, 0.717) is 18.1 Å². The SMILES string of the molecule is O=C(O)c1csc(N2CCCC(C(F)(F)F)C2)n1. The molecule has 1 aromatic heterocycles. The van der Waals surface area contributed by atoms with Crippen molar-refractivity contribution in [2.24, 2.45) is 5.92 Å². The van der Waals surface area contributed by atoms with Crippen molar-refractivity contribution in [3.05, 3.63) is 11.1 Å². The van der Waals surface area contributed by atoms with Crippen molar-refractivity contribution in [2.75, 3.05) is 18.0 Å². The number of anilines is 1. The van der Waals surface area contributed by atoms with Crippen molar-refractivity contribution in [1.82, 2.24) is 4.98 Å². The molecule has 100 valence electrons. The molecule has 1 aromatic rings. The normalized spacial score (nSPS) is 21.1. The fourth-order valence-corrected chi connectivity index (χ4v) is 2.76. The van der Waals surface area contributed by atoms with E-state index in [1.165, 1.54) is 10.3 Å². The number of aromatic carboxylic acids is 1. The summed E-state index contributed by atoms with van der Waals surface area (Å²) in [5.74, 6) is -2.52. The Morgan fingerprint density at radius 2 is 2.28 bits per heavy atom. The Labute approximate surface area is 105 Å². The van der Waals surface area contributed by atoms with Gasteiger partial charge in [-0.05, 0) is 12.8 Å². The first kappa shape index (κ1) is 13.1. The lowest BCUT2D eigenvalue weighted by Crippen LogP contribution is -2.41. The van der Waals surface area contributed by atoms with E-state index in [1.54, 1.807) is 0 Å². The number of carboxylic acids is 1. The highest BCUT2D eigenvalue weighted by Gasteiger charge is 2.42. The molecule has 2 rings (SSSR count). The number of aromatic nitrogens is 1. The molecule has 18 heavy (non-hydrogen) atoms. The van der Waals surface area contributed by atoms with Gasteiger partial charge in [0.15, 0.2) is 10.8 Å². The van der Waals surface area contributed by atoms with Crippen molar-refractivity contribution in [1.29, 1.82) is 0 Å². The molecule has 1 unspecified atom stereocenters. The summed E-state index contributed by atoms with van der Waals surface area (Å²) in [4.78, 5) is 16.0. The van der Waals surface area contributed by atoms with E-state index in [9.17, 15) is 18.0 Å². The van der Waals surface area contributed by atoms with Gasteiger partial charge >= 0.3 is 12.1 Å². The Kier molecular flexibility index (Phi) is 3.47. The fraction of sp³-hybridized carbons (Fsp3) is 0.600. The van der Waals surface area contributed by atoms with Crippen LogP contribution in [-0.4, -0.2) is 35.3 Å². The van der Waals surface area contributed by atoms with Gasteiger partial charge in [-0.2, -0.15) is 13.2 Å². The number of carboxylic acid groups (broad SMARTS) is 1. The van der Waals surface area contributed by atoms with E-state index in [1.807, 2.05) is 0 Å². The van der Waals surface area contributed by atoms with Crippen LogP contribution in [0.2, 0.25) is 0 Å². The zero-order valence-electron chi connectivity index (χ0n) is 9.28. The van der Waals surface area contributed by atoms with E-state index < -0.39 is 18.1 Å². The second kappa shape index (κ2) is 4.75. The Morgan fingerprint density at radius 1 is 1.56 bits per heavy atom. The van der Waals surface area contributed by atoms with Crippen molar-refractivity contribution in [3.63, 3.8) is 0 Å². The summed E-state index contributed by atoms with van der Waals surface area (Å²) in [6.45, 7) is 0.342. The second-order valence-electron chi connectivity index (χ2n) is 4.15. The summed E-state index contributed by atoms with van der Waals surface area (Å²) in [7, 11) is 0. The van der Waals surface area contributed by atoms with Crippen LogP contribution < -0.4 is 4.90 Å². The molecule has 0 bridgehead atoms. The quantitative estimate of drug-likeness (QED) is 0.904. The number of nitrogens with zero attached hydrogens (tertiary/aromatic N) is 2. The number of piperidine rings is 1. The van der Waals surface area contributed by atoms with Gasteiger partial charge < -0.3 is 10.0 Å². The van der Waals surface area contributed by atoms with Crippen LogP contribution in [0.3, 0.4) is 0 Å². The lowest BCUT2D eigenvalue weighted by Gasteiger charge is -2.33. The molecule has 0 aromatic carbocycles. The van der Waals surface area contributed by atoms with Gasteiger partial charge in [0.25, 0.3) is 0 Å². The number of hydrogen-bond acceptors (Lipinski definition) is 4. The molecule has 1 aliphatic heterocycles. The average Bonchev–Trinajstić information content (AvgIpc) is 2.77. The zero-order valence-corrected chi connectivity index (χ0v) is 10.1. The van der Waals surface area contributed by atoms with Gasteiger partial charge in [0.05, 0.1) is 5.92 Å². The van der Waals surface area contributed by atoms with E-state index in [-0.39, 0.29) is 18.7 Å². The van der Waals surface area contributed by atoms with E-state index >= 15 is 0 Å². The molecule has 1 saturated heterocycles. The molecule has 0 aliphatic carbocycles. The average molecular weight is 280 g/mol. The third-order valence-electron chi connectivity index (χ3n) is 2.87. The van der Waals surface area contributed by atoms with Crippen LogP contribution in [0, 0.1) is 5.92 Å². The summed E-state index contributed by atoms with van der Waals surface area (Å²) < 4.78 is 37.9. The Morgan fingerprint density at radius 3 is 2.83 bits per heavy atom. The first-order valence-corrected chi connectivity index (χ1v) is 6.26. The molecular weight excluding hydrogens is 269 g/mol. The number of hydrogen-bond donors (Lipinski definition) is 1. The fourth-order valence-electron chi connectivity index (χ4n) is 1.93. The van der Waals surface area contributed by atoms with Gasteiger partial charge in [0, 0.05) is 18.5 Å². The molecule has 2 heterocycles. The maximum Gasteiger partial charge on any atom is 0.393 e. The van der Waals surface area contributed by atoms with Gasteiger partial charge in [-0.1, -0.05) is 0 Å². The molecule has 0 spiro atoms. The standard InChI is InChI=1S/C10H11F3N2O2S/c11-10(12,13)6-2-1-3-15(4-6)9-14-7(5-18-9)8(16)17/h5-6H,1-4H2,(H,16,17). The lowest BCUT2D eigenvalue weighted by atomic mass is 9.98. The number of carbonyl (C=O) groups is 1. The number of alkyl halides is 3. The summed E-state index contributed by atoms with van der Waals surface area (Å²) in [5.41, 5.74) is -0.121. The summed E-state index contributed by atoms with van der Waals surface area (Å²) >= 11 is 1.06. The third-order valence-corrected chi connectivity index (χ3v) is 3.77. The molecule has 1 N–H and O–H groups in total. The third kappa shape index (κ3) is 2.74. The largest absolute Gasteiger partial charge is 0.476 e. The smallest absolute Gasteiger partial charge is 0.393 e. The Bertz CT molecular complexity index is 447. The molecule has 0 amide bonds. The number of thiazole rings is 1. The van der Waals surface area contributed by atoms with Crippen LogP contribution in [0.5, 0.6) is 0 Å². The van der Waals surface area contributed by atoms with Crippen molar-refractivity contribution >= 4 is 22.4 Å². The highest BCUT2D eigenvalue weighted by atomic mass is 32.1. The topological polar surface area (TPSA) is 53.4 Å². The van der Waals surface area contributed by atoms with Crippen LogP contribution in [0.4, 0.5) is 18.3 Å². The molecule has 8 heteroatoms. The summed E-state index contributed by atoms with van der Waals surface area (Å²) in [5, 5.41) is 10.4. The van der Waals surface area contributed by atoms with E-state index in [4.69, 9.17) is 5.11 Å². The Hall–Kier alpha value is -1.31. The monoisotopic (exact) mass is 280 g/mol. The summed E-state index contributed by atoms with van der Waals surface area (Å²) in [6, 6.07) is 0. The molecule has 1 fully saturated rings. The van der Waals surface area contributed by atoms with E-state index in [0.717, 1.165) is 11.3 Å². The molecular formula is C10H11F3N2O2S. The van der Waals surface area contributed by atoms with Crippen molar-refractivity contribution in [3.8, 4) is 0 Å². The van der Waals surface area contributed by atoms with Crippen LogP contribution in [0.25, 0.3) is 0 Å². The number of rotatable bonds is 2. The van der Waals surface area contributed by atoms with Crippen LogP contribution in [0.1, 0.15) is 23.3 Å². The summed E-state index contributed by atoms with van der Waals surface area (Å²) in [6.07, 6.45) is -3.64. The molecule has 0 saturated carbocycles. The highest BCUT2D eigenvalue weighted by molar-refractivity contribution is 7.13.